The van der Waals surface area contributed by atoms with Crippen molar-refractivity contribution in [3.63, 3.8) is 0 Å². The topological polar surface area (TPSA) is 68.3 Å². The van der Waals surface area contributed by atoms with Crippen molar-refractivity contribution in [2.75, 3.05) is 0 Å². The second-order valence-electron chi connectivity index (χ2n) is 4.10. The molecule has 90 valence electrons. The van der Waals surface area contributed by atoms with Gasteiger partial charge in [-0.05, 0) is 12.1 Å². The molecule has 0 spiro atoms. The first-order chi connectivity index (χ1) is 8.06. The van der Waals surface area contributed by atoms with Crippen molar-refractivity contribution in [3.05, 3.63) is 30.3 Å². The van der Waals surface area contributed by atoms with Gasteiger partial charge in [0.1, 0.15) is 11.5 Å². The zero-order chi connectivity index (χ0) is 12.4. The average Bonchev–Trinajstić information content (AvgIpc) is 2.84. The number of carbonyl (C=O) groups is 1. The van der Waals surface area contributed by atoms with E-state index in [1.807, 2.05) is 32.3 Å². The Morgan fingerprint density at radius 1 is 1.59 bits per heavy atom. The fraction of sp³-hybridized carbons (Fsp3) is 0.333. The third-order valence-electron chi connectivity index (χ3n) is 2.58. The molecule has 0 aliphatic carbocycles. The summed E-state index contributed by atoms with van der Waals surface area (Å²) in [6.07, 6.45) is 3.63. The third kappa shape index (κ3) is 2.55. The van der Waals surface area contributed by atoms with Gasteiger partial charge in [-0.15, -0.1) is 0 Å². The fourth-order valence-corrected chi connectivity index (χ4v) is 1.68. The quantitative estimate of drug-likeness (QED) is 0.881. The summed E-state index contributed by atoms with van der Waals surface area (Å²) in [6.45, 7) is 1.83. The Bertz CT molecular complexity index is 527. The van der Waals surface area contributed by atoms with Crippen LogP contribution in [0.2, 0.25) is 0 Å². The first kappa shape index (κ1) is 11.4. The molecule has 0 saturated carbocycles. The van der Waals surface area contributed by atoms with Crippen molar-refractivity contribution in [1.29, 1.82) is 0 Å². The van der Waals surface area contributed by atoms with Gasteiger partial charge in [0.15, 0.2) is 0 Å². The molecule has 0 fully saturated rings. The second kappa shape index (κ2) is 4.45. The van der Waals surface area contributed by atoms with Crippen LogP contribution in [0.4, 0.5) is 0 Å². The van der Waals surface area contributed by atoms with Gasteiger partial charge in [0, 0.05) is 19.2 Å². The van der Waals surface area contributed by atoms with E-state index in [0.717, 1.165) is 5.56 Å². The lowest BCUT2D eigenvalue weighted by Gasteiger charge is -2.03. The normalized spacial score (nSPS) is 12.6. The zero-order valence-electron chi connectivity index (χ0n) is 9.75. The van der Waals surface area contributed by atoms with E-state index in [2.05, 4.69) is 5.10 Å². The Morgan fingerprint density at radius 2 is 2.35 bits per heavy atom. The summed E-state index contributed by atoms with van der Waals surface area (Å²) in [7, 11) is 1.83. The van der Waals surface area contributed by atoms with Crippen LogP contribution in [0.15, 0.2) is 28.9 Å². The molecule has 1 N–H and O–H groups in total. The van der Waals surface area contributed by atoms with Gasteiger partial charge in [0.2, 0.25) is 0 Å². The van der Waals surface area contributed by atoms with Crippen LogP contribution >= 0.6 is 0 Å². The van der Waals surface area contributed by atoms with E-state index in [-0.39, 0.29) is 12.3 Å². The van der Waals surface area contributed by atoms with Gasteiger partial charge in [0.05, 0.1) is 18.2 Å². The van der Waals surface area contributed by atoms with Gasteiger partial charge in [0.25, 0.3) is 0 Å². The molecule has 2 rings (SSSR count). The predicted octanol–water partition coefficient (Wildman–Crippen LogP) is 2.26. The molecule has 17 heavy (non-hydrogen) atoms. The van der Waals surface area contributed by atoms with Crippen LogP contribution < -0.4 is 0 Å². The van der Waals surface area contributed by atoms with E-state index < -0.39 is 5.97 Å². The largest absolute Gasteiger partial charge is 0.481 e. The molecular weight excluding hydrogens is 220 g/mol. The van der Waals surface area contributed by atoms with Crippen LogP contribution in [0.3, 0.4) is 0 Å². The summed E-state index contributed by atoms with van der Waals surface area (Å²) in [5.74, 6) is 0.450. The second-order valence-corrected chi connectivity index (χ2v) is 4.10. The summed E-state index contributed by atoms with van der Waals surface area (Å²) < 4.78 is 7.32. The minimum Gasteiger partial charge on any atom is -0.481 e. The number of carboxylic acids is 1. The summed E-state index contributed by atoms with van der Waals surface area (Å²) in [4.78, 5) is 10.6. The monoisotopic (exact) mass is 234 g/mol. The predicted molar refractivity (Wildman–Crippen MR) is 61.6 cm³/mol. The summed E-state index contributed by atoms with van der Waals surface area (Å²) in [5.41, 5.74) is 0.890. The number of rotatable bonds is 4. The van der Waals surface area contributed by atoms with E-state index in [0.29, 0.717) is 11.5 Å². The number of carboxylic acid groups (broad SMARTS) is 1. The maximum absolute atomic E-state index is 10.6. The minimum atomic E-state index is -0.822. The van der Waals surface area contributed by atoms with Gasteiger partial charge in [-0.2, -0.15) is 5.10 Å². The van der Waals surface area contributed by atoms with Crippen LogP contribution in [0.5, 0.6) is 0 Å². The highest BCUT2D eigenvalue weighted by Gasteiger charge is 2.15. The van der Waals surface area contributed by atoms with Gasteiger partial charge >= 0.3 is 5.97 Å². The van der Waals surface area contributed by atoms with Crippen molar-refractivity contribution in [3.8, 4) is 11.3 Å². The molecule has 1 atom stereocenters. The molecule has 0 aromatic carbocycles. The highest BCUT2D eigenvalue weighted by Crippen LogP contribution is 2.27. The molecule has 0 bridgehead atoms. The van der Waals surface area contributed by atoms with Gasteiger partial charge in [-0.25, -0.2) is 0 Å². The molecule has 1 unspecified atom stereocenters. The molecule has 2 heterocycles. The molecule has 5 heteroatoms. The number of nitrogens with zero attached hydrogens (tertiary/aromatic N) is 2. The van der Waals surface area contributed by atoms with Crippen LogP contribution in [0.25, 0.3) is 11.3 Å². The van der Waals surface area contributed by atoms with Gasteiger partial charge in [-0.3, -0.25) is 9.48 Å². The molecule has 2 aromatic rings. The van der Waals surface area contributed by atoms with E-state index in [9.17, 15) is 4.79 Å². The standard InChI is InChI=1S/C12H14N2O3/c1-8(5-12(15)16)10-3-4-11(17-10)9-6-13-14(2)7-9/h3-4,6-8H,5H2,1-2H3,(H,15,16). The van der Waals surface area contributed by atoms with E-state index in [1.54, 1.807) is 10.9 Å². The Morgan fingerprint density at radius 3 is 2.94 bits per heavy atom. The highest BCUT2D eigenvalue weighted by atomic mass is 16.4. The van der Waals surface area contributed by atoms with Crippen LogP contribution in [-0.4, -0.2) is 20.9 Å². The maximum Gasteiger partial charge on any atom is 0.304 e. The Balaban J connectivity index is 2.18. The smallest absolute Gasteiger partial charge is 0.304 e. The summed E-state index contributed by atoms with van der Waals surface area (Å²) in [5, 5.41) is 12.8. The van der Waals surface area contributed by atoms with E-state index >= 15 is 0 Å². The van der Waals surface area contributed by atoms with Crippen molar-refractivity contribution in [1.82, 2.24) is 9.78 Å². The molecule has 0 aliphatic heterocycles. The molecule has 0 saturated heterocycles. The van der Waals surface area contributed by atoms with Crippen molar-refractivity contribution in [2.45, 2.75) is 19.3 Å². The van der Waals surface area contributed by atoms with Crippen molar-refractivity contribution in [2.24, 2.45) is 7.05 Å². The third-order valence-corrected chi connectivity index (χ3v) is 2.58. The van der Waals surface area contributed by atoms with E-state index in [4.69, 9.17) is 9.52 Å². The lowest BCUT2D eigenvalue weighted by atomic mass is 10.1. The van der Waals surface area contributed by atoms with Crippen molar-refractivity contribution >= 4 is 5.97 Å². The SMILES string of the molecule is CC(CC(=O)O)c1ccc(-c2cnn(C)c2)o1. The minimum absolute atomic E-state index is 0.0694. The number of furan rings is 1. The Labute approximate surface area is 98.7 Å². The summed E-state index contributed by atoms with van der Waals surface area (Å²) in [6, 6.07) is 3.65. The first-order valence-corrected chi connectivity index (χ1v) is 5.37. The van der Waals surface area contributed by atoms with Gasteiger partial charge < -0.3 is 9.52 Å². The lowest BCUT2D eigenvalue weighted by Crippen LogP contribution is -2.01. The first-order valence-electron chi connectivity index (χ1n) is 5.37. The van der Waals surface area contributed by atoms with Crippen LogP contribution in [0.1, 0.15) is 25.0 Å². The average molecular weight is 234 g/mol. The number of hydrogen-bond acceptors (Lipinski definition) is 3. The molecule has 0 aliphatic rings. The fourth-order valence-electron chi connectivity index (χ4n) is 1.68. The van der Waals surface area contributed by atoms with E-state index in [1.165, 1.54) is 0 Å². The number of aryl methyl sites for hydroxylation is 1. The number of hydrogen-bond donors (Lipinski definition) is 1. The molecule has 5 nitrogen and oxygen atoms in total. The Hall–Kier alpha value is -2.04. The van der Waals surface area contributed by atoms with Crippen LogP contribution in [0, 0.1) is 0 Å². The molecule has 0 radical (unpaired) electrons. The maximum atomic E-state index is 10.6. The molecule has 0 amide bonds. The molecule has 2 aromatic heterocycles. The van der Waals surface area contributed by atoms with Gasteiger partial charge in [-0.1, -0.05) is 6.92 Å². The molecular formula is C12H14N2O3. The Kier molecular flexibility index (Phi) is 2.99. The van der Waals surface area contributed by atoms with Crippen LogP contribution in [-0.2, 0) is 11.8 Å². The van der Waals surface area contributed by atoms with Crippen molar-refractivity contribution < 1.29 is 14.3 Å². The highest BCUT2D eigenvalue weighted by molar-refractivity contribution is 5.67. The lowest BCUT2D eigenvalue weighted by molar-refractivity contribution is -0.137. The summed E-state index contributed by atoms with van der Waals surface area (Å²) >= 11 is 0. The number of aliphatic carboxylic acids is 1. The zero-order valence-corrected chi connectivity index (χ0v) is 9.75. The number of aromatic nitrogens is 2.